The minimum absolute atomic E-state index is 0.0771. The highest BCUT2D eigenvalue weighted by Gasteiger charge is 2.30. The van der Waals surface area contributed by atoms with Gasteiger partial charge in [0.1, 0.15) is 11.8 Å². The number of carbonyl (C=O) groups excluding carboxylic acids is 2. The predicted octanol–water partition coefficient (Wildman–Crippen LogP) is 4.58. The van der Waals surface area contributed by atoms with E-state index in [-0.39, 0.29) is 31.3 Å². The lowest BCUT2D eigenvalue weighted by molar-refractivity contribution is -0.141. The second-order valence-electron chi connectivity index (χ2n) is 9.93. The van der Waals surface area contributed by atoms with Crippen molar-refractivity contribution < 1.29 is 22.7 Å². The standard InChI is InChI=1S/C32H41N3O5S/c1-5-25-17-19-28(20-18-25)35(41(4,38)39)21-11-16-31(36)34(24-27-14-10-15-29(22-27)40-3)30(32(37)33-6-2)23-26-12-8-7-9-13-26/h7-10,12-15,17-20,22,30H,5-6,11,16,21,23-24H2,1-4H3,(H,33,37)/t30-/m0/s1. The highest BCUT2D eigenvalue weighted by atomic mass is 32.2. The van der Waals surface area contributed by atoms with Gasteiger partial charge in [-0.3, -0.25) is 13.9 Å². The summed E-state index contributed by atoms with van der Waals surface area (Å²) in [5, 5.41) is 2.89. The quantitative estimate of drug-likeness (QED) is 0.284. The number of carbonyl (C=O) groups is 2. The summed E-state index contributed by atoms with van der Waals surface area (Å²) in [6.07, 6.45) is 2.74. The van der Waals surface area contributed by atoms with Crippen molar-refractivity contribution in [2.24, 2.45) is 0 Å². The summed E-state index contributed by atoms with van der Waals surface area (Å²) in [5.41, 5.74) is 3.44. The van der Waals surface area contributed by atoms with Crippen molar-refractivity contribution >= 4 is 27.5 Å². The van der Waals surface area contributed by atoms with Crippen LogP contribution in [0, 0.1) is 0 Å². The minimum Gasteiger partial charge on any atom is -0.497 e. The van der Waals surface area contributed by atoms with Crippen LogP contribution >= 0.6 is 0 Å². The molecule has 0 aliphatic rings. The second-order valence-corrected chi connectivity index (χ2v) is 11.8. The van der Waals surface area contributed by atoms with E-state index in [0.29, 0.717) is 30.8 Å². The van der Waals surface area contributed by atoms with Gasteiger partial charge in [-0.1, -0.05) is 61.5 Å². The van der Waals surface area contributed by atoms with Gasteiger partial charge in [-0.2, -0.15) is 0 Å². The summed E-state index contributed by atoms with van der Waals surface area (Å²) < 4.78 is 32.0. The normalized spacial score (nSPS) is 11.9. The maximum atomic E-state index is 13.8. The molecule has 0 aromatic heterocycles. The monoisotopic (exact) mass is 579 g/mol. The summed E-state index contributed by atoms with van der Waals surface area (Å²) in [6.45, 7) is 4.68. The van der Waals surface area contributed by atoms with Crippen LogP contribution in [0.5, 0.6) is 5.75 Å². The zero-order valence-corrected chi connectivity index (χ0v) is 25.2. The Morgan fingerprint density at radius 1 is 0.902 bits per heavy atom. The van der Waals surface area contributed by atoms with E-state index in [1.54, 1.807) is 24.1 Å². The summed E-state index contributed by atoms with van der Waals surface area (Å²) in [4.78, 5) is 28.8. The van der Waals surface area contributed by atoms with Crippen molar-refractivity contribution in [3.8, 4) is 5.75 Å². The molecule has 3 rings (SSSR count). The maximum Gasteiger partial charge on any atom is 0.243 e. The van der Waals surface area contributed by atoms with Gasteiger partial charge in [0, 0.05) is 32.5 Å². The van der Waals surface area contributed by atoms with Crippen LogP contribution in [0.15, 0.2) is 78.9 Å². The number of benzene rings is 3. The molecule has 1 N–H and O–H groups in total. The van der Waals surface area contributed by atoms with Crippen molar-refractivity contribution in [2.45, 2.75) is 52.1 Å². The van der Waals surface area contributed by atoms with E-state index in [1.165, 1.54) is 10.6 Å². The number of hydrogen-bond donors (Lipinski definition) is 1. The molecule has 2 amide bonds. The van der Waals surface area contributed by atoms with Gasteiger partial charge in [0.05, 0.1) is 19.1 Å². The molecule has 0 spiro atoms. The topological polar surface area (TPSA) is 96.0 Å². The third-order valence-corrected chi connectivity index (χ3v) is 8.09. The first-order valence-corrected chi connectivity index (χ1v) is 15.8. The molecule has 0 aliphatic carbocycles. The first-order valence-electron chi connectivity index (χ1n) is 14.0. The Labute approximate surface area is 244 Å². The fourth-order valence-corrected chi connectivity index (χ4v) is 5.68. The largest absolute Gasteiger partial charge is 0.497 e. The molecule has 0 radical (unpaired) electrons. The Morgan fingerprint density at radius 3 is 2.20 bits per heavy atom. The molecule has 0 saturated heterocycles. The Morgan fingerprint density at radius 2 is 1.59 bits per heavy atom. The van der Waals surface area contributed by atoms with Gasteiger partial charge >= 0.3 is 0 Å². The van der Waals surface area contributed by atoms with Crippen LogP contribution in [0.25, 0.3) is 0 Å². The van der Waals surface area contributed by atoms with Gasteiger partial charge in [-0.25, -0.2) is 8.42 Å². The van der Waals surface area contributed by atoms with Gasteiger partial charge in [-0.15, -0.1) is 0 Å². The van der Waals surface area contributed by atoms with E-state index in [4.69, 9.17) is 4.74 Å². The molecule has 8 nitrogen and oxygen atoms in total. The third kappa shape index (κ3) is 9.35. The van der Waals surface area contributed by atoms with E-state index in [9.17, 15) is 18.0 Å². The van der Waals surface area contributed by atoms with Crippen molar-refractivity contribution in [3.05, 3.63) is 95.6 Å². The zero-order chi connectivity index (χ0) is 29.8. The van der Waals surface area contributed by atoms with Gasteiger partial charge in [0.2, 0.25) is 21.8 Å². The van der Waals surface area contributed by atoms with Crippen molar-refractivity contribution in [1.29, 1.82) is 0 Å². The van der Waals surface area contributed by atoms with E-state index in [0.717, 1.165) is 23.1 Å². The zero-order valence-electron chi connectivity index (χ0n) is 24.4. The smallest absolute Gasteiger partial charge is 0.243 e. The average molecular weight is 580 g/mol. The van der Waals surface area contributed by atoms with Gasteiger partial charge in [0.15, 0.2) is 0 Å². The van der Waals surface area contributed by atoms with E-state index >= 15 is 0 Å². The molecule has 0 aliphatic heterocycles. The first kappa shape index (κ1) is 31.7. The molecule has 1 atom stereocenters. The lowest BCUT2D eigenvalue weighted by Gasteiger charge is -2.32. The predicted molar refractivity (Wildman–Crippen MR) is 163 cm³/mol. The van der Waals surface area contributed by atoms with Crippen LogP contribution < -0.4 is 14.4 Å². The van der Waals surface area contributed by atoms with Crippen LogP contribution in [0.4, 0.5) is 5.69 Å². The molecule has 0 fully saturated rings. The molecule has 41 heavy (non-hydrogen) atoms. The average Bonchev–Trinajstić information content (AvgIpc) is 2.97. The fourth-order valence-electron chi connectivity index (χ4n) is 4.72. The van der Waals surface area contributed by atoms with Crippen molar-refractivity contribution in [2.75, 3.05) is 30.8 Å². The number of anilines is 1. The summed E-state index contributed by atoms with van der Waals surface area (Å²) in [5.74, 6) is 0.196. The molecule has 3 aromatic rings. The van der Waals surface area contributed by atoms with Gasteiger partial charge in [0.25, 0.3) is 0 Å². The number of sulfonamides is 1. The number of nitrogens with zero attached hydrogens (tertiary/aromatic N) is 2. The maximum absolute atomic E-state index is 13.8. The summed E-state index contributed by atoms with van der Waals surface area (Å²) in [7, 11) is -1.98. The van der Waals surface area contributed by atoms with Crippen molar-refractivity contribution in [3.63, 3.8) is 0 Å². The molecule has 0 unspecified atom stereocenters. The lowest BCUT2D eigenvalue weighted by Crippen LogP contribution is -2.50. The summed E-state index contributed by atoms with van der Waals surface area (Å²) in [6, 6.07) is 23.7. The Balaban J connectivity index is 1.86. The molecule has 0 bridgehead atoms. The molecule has 0 saturated carbocycles. The lowest BCUT2D eigenvalue weighted by atomic mass is 10.0. The van der Waals surface area contributed by atoms with Crippen molar-refractivity contribution in [1.82, 2.24) is 10.2 Å². The van der Waals surface area contributed by atoms with Crippen LogP contribution in [0.3, 0.4) is 0 Å². The summed E-state index contributed by atoms with van der Waals surface area (Å²) >= 11 is 0. The molecular weight excluding hydrogens is 538 g/mol. The van der Waals surface area contributed by atoms with Crippen LogP contribution in [-0.2, 0) is 39.0 Å². The molecular formula is C32H41N3O5S. The fraction of sp³-hybridized carbons (Fsp3) is 0.375. The third-order valence-electron chi connectivity index (χ3n) is 6.89. The van der Waals surface area contributed by atoms with Crippen LogP contribution in [0.1, 0.15) is 43.4 Å². The second kappa shape index (κ2) is 15.2. The number of rotatable bonds is 15. The Kier molecular flexibility index (Phi) is 11.8. The SMILES string of the molecule is CCNC(=O)[C@H](Cc1ccccc1)N(Cc1cccc(OC)c1)C(=O)CCCN(c1ccc(CC)cc1)S(C)(=O)=O. The Bertz CT molecular complexity index is 1380. The number of hydrogen-bond acceptors (Lipinski definition) is 5. The number of ether oxygens (including phenoxy) is 1. The molecule has 0 heterocycles. The number of nitrogens with one attached hydrogen (secondary N) is 1. The van der Waals surface area contributed by atoms with E-state index in [2.05, 4.69) is 5.32 Å². The van der Waals surface area contributed by atoms with Crippen LogP contribution in [-0.4, -0.2) is 57.6 Å². The first-order chi connectivity index (χ1) is 19.7. The number of amides is 2. The van der Waals surface area contributed by atoms with E-state index in [1.807, 2.05) is 80.6 Å². The highest BCUT2D eigenvalue weighted by Crippen LogP contribution is 2.22. The minimum atomic E-state index is -3.56. The van der Waals surface area contributed by atoms with Gasteiger partial charge < -0.3 is 15.0 Å². The van der Waals surface area contributed by atoms with Gasteiger partial charge in [-0.05, 0) is 60.7 Å². The van der Waals surface area contributed by atoms with Crippen LogP contribution in [0.2, 0.25) is 0 Å². The molecule has 3 aromatic carbocycles. The number of methoxy groups -OCH3 is 1. The number of aryl methyl sites for hydroxylation is 1. The highest BCUT2D eigenvalue weighted by molar-refractivity contribution is 7.92. The Hall–Kier alpha value is -3.85. The number of likely N-dealkylation sites (N-methyl/N-ethyl adjacent to an activating group) is 1. The molecule has 9 heteroatoms. The molecule has 220 valence electrons. The van der Waals surface area contributed by atoms with E-state index < -0.39 is 16.1 Å².